The molecule has 1 saturated carbocycles. The number of likely N-dealkylation sites (tertiary alicyclic amines) is 1. The van der Waals surface area contributed by atoms with Crippen LogP contribution in [0.1, 0.15) is 51.4 Å². The molecule has 0 aromatic heterocycles. The molecule has 1 aliphatic heterocycles. The molecule has 2 rings (SSSR count). The van der Waals surface area contributed by atoms with Crippen LogP contribution < -0.4 is 5.32 Å². The minimum Gasteiger partial charge on any atom is -0.396 e. The van der Waals surface area contributed by atoms with Gasteiger partial charge in [0.1, 0.15) is 0 Å². The second kappa shape index (κ2) is 7.61. The fourth-order valence-corrected chi connectivity index (χ4v) is 3.70. The topological polar surface area (TPSA) is 35.5 Å². The van der Waals surface area contributed by atoms with Crippen LogP contribution in [0, 0.1) is 11.3 Å². The molecule has 3 nitrogen and oxygen atoms in total. The minimum absolute atomic E-state index is 0.199. The number of rotatable bonds is 6. The normalized spacial score (nSPS) is 25.6. The first-order valence-corrected chi connectivity index (χ1v) is 8.24. The van der Waals surface area contributed by atoms with Crippen molar-refractivity contribution < 1.29 is 5.11 Å². The third kappa shape index (κ3) is 4.73. The second-order valence-corrected chi connectivity index (χ2v) is 6.93. The molecular weight excluding hydrogens is 236 g/mol. The highest BCUT2D eigenvalue weighted by Crippen LogP contribution is 2.35. The van der Waals surface area contributed by atoms with Gasteiger partial charge in [0, 0.05) is 18.6 Å². The number of aliphatic hydroxyl groups excluding tert-OH is 1. The molecule has 0 unspecified atom stereocenters. The summed E-state index contributed by atoms with van der Waals surface area (Å²) < 4.78 is 0. The Hall–Kier alpha value is -0.120. The summed E-state index contributed by atoms with van der Waals surface area (Å²) in [5.74, 6) is 0.917. The Balaban J connectivity index is 1.60. The van der Waals surface area contributed by atoms with Gasteiger partial charge in [-0.25, -0.2) is 0 Å². The van der Waals surface area contributed by atoms with Crippen molar-refractivity contribution in [3.05, 3.63) is 0 Å². The summed E-state index contributed by atoms with van der Waals surface area (Å²) in [4.78, 5) is 2.44. The van der Waals surface area contributed by atoms with E-state index in [1.165, 1.54) is 64.5 Å². The summed E-state index contributed by atoms with van der Waals surface area (Å²) >= 11 is 0. The van der Waals surface area contributed by atoms with E-state index in [1.54, 1.807) is 0 Å². The molecule has 1 aliphatic carbocycles. The van der Waals surface area contributed by atoms with Crippen molar-refractivity contribution in [3.8, 4) is 0 Å². The lowest BCUT2D eigenvalue weighted by Crippen LogP contribution is -2.40. The first kappa shape index (κ1) is 15.3. The van der Waals surface area contributed by atoms with Crippen molar-refractivity contribution in [2.24, 2.45) is 11.3 Å². The van der Waals surface area contributed by atoms with Gasteiger partial charge in [-0.1, -0.05) is 19.3 Å². The lowest BCUT2D eigenvalue weighted by Gasteiger charge is -2.36. The zero-order chi connectivity index (χ0) is 13.6. The summed E-state index contributed by atoms with van der Waals surface area (Å²) in [6.07, 6.45) is 10.4. The number of nitrogens with zero attached hydrogens (tertiary/aromatic N) is 1. The molecule has 0 atom stereocenters. The van der Waals surface area contributed by atoms with Crippen molar-refractivity contribution in [3.63, 3.8) is 0 Å². The Kier molecular flexibility index (Phi) is 6.11. The fourth-order valence-electron chi connectivity index (χ4n) is 3.70. The molecule has 2 N–H and O–H groups in total. The smallest absolute Gasteiger partial charge is 0.0499 e. The Morgan fingerprint density at radius 3 is 2.47 bits per heavy atom. The van der Waals surface area contributed by atoms with Crippen LogP contribution in [-0.4, -0.2) is 49.8 Å². The molecule has 1 heterocycles. The van der Waals surface area contributed by atoms with Crippen LogP contribution in [-0.2, 0) is 0 Å². The SMILES string of the molecule is CN1CCC(CCNCC2(CO)CCCCC2)CC1. The second-order valence-electron chi connectivity index (χ2n) is 6.93. The molecule has 3 heteroatoms. The number of hydrogen-bond acceptors (Lipinski definition) is 3. The van der Waals surface area contributed by atoms with Crippen molar-refractivity contribution in [1.82, 2.24) is 10.2 Å². The summed E-state index contributed by atoms with van der Waals surface area (Å²) in [6, 6.07) is 0. The van der Waals surface area contributed by atoms with Gasteiger partial charge >= 0.3 is 0 Å². The third-order valence-corrected chi connectivity index (χ3v) is 5.32. The van der Waals surface area contributed by atoms with E-state index in [0.717, 1.165) is 19.0 Å². The van der Waals surface area contributed by atoms with Gasteiger partial charge < -0.3 is 15.3 Å². The fraction of sp³-hybridized carbons (Fsp3) is 1.00. The molecule has 0 spiro atoms. The third-order valence-electron chi connectivity index (χ3n) is 5.32. The van der Waals surface area contributed by atoms with E-state index >= 15 is 0 Å². The van der Waals surface area contributed by atoms with Gasteiger partial charge in [-0.2, -0.15) is 0 Å². The van der Waals surface area contributed by atoms with E-state index < -0.39 is 0 Å². The zero-order valence-electron chi connectivity index (χ0n) is 12.7. The summed E-state index contributed by atoms with van der Waals surface area (Å²) in [7, 11) is 2.22. The average Bonchev–Trinajstić information content (AvgIpc) is 2.46. The summed E-state index contributed by atoms with van der Waals surface area (Å²) in [6.45, 7) is 5.07. The number of hydrogen-bond donors (Lipinski definition) is 2. The molecule has 0 aromatic carbocycles. The Morgan fingerprint density at radius 2 is 1.84 bits per heavy atom. The van der Waals surface area contributed by atoms with Crippen LogP contribution in [0.2, 0.25) is 0 Å². The first-order chi connectivity index (χ1) is 9.24. The molecule has 0 aromatic rings. The van der Waals surface area contributed by atoms with Gasteiger partial charge in [-0.3, -0.25) is 0 Å². The van der Waals surface area contributed by atoms with E-state index in [0.29, 0.717) is 6.61 Å². The molecule has 0 bridgehead atoms. The highest BCUT2D eigenvalue weighted by atomic mass is 16.3. The quantitative estimate of drug-likeness (QED) is 0.725. The predicted molar refractivity (Wildman–Crippen MR) is 80.3 cm³/mol. The highest BCUT2D eigenvalue weighted by molar-refractivity contribution is 4.84. The van der Waals surface area contributed by atoms with Crippen molar-refractivity contribution in [2.75, 3.05) is 39.8 Å². The largest absolute Gasteiger partial charge is 0.396 e. The Morgan fingerprint density at radius 1 is 1.16 bits per heavy atom. The van der Waals surface area contributed by atoms with Crippen molar-refractivity contribution in [2.45, 2.75) is 51.4 Å². The standard InChI is InChI=1S/C16H32N2O/c1-18-11-6-15(7-12-18)5-10-17-13-16(14-19)8-3-2-4-9-16/h15,17,19H,2-14H2,1H3. The van der Waals surface area contributed by atoms with Crippen LogP contribution in [0.25, 0.3) is 0 Å². The lowest BCUT2D eigenvalue weighted by molar-refractivity contribution is 0.0807. The van der Waals surface area contributed by atoms with Crippen LogP contribution in [0.15, 0.2) is 0 Å². The molecule has 112 valence electrons. The Labute approximate surface area is 118 Å². The predicted octanol–water partition coefficient (Wildman–Crippen LogP) is 2.25. The van der Waals surface area contributed by atoms with Gasteiger partial charge in [-0.05, 0) is 64.7 Å². The van der Waals surface area contributed by atoms with Gasteiger partial charge in [0.2, 0.25) is 0 Å². The lowest BCUT2D eigenvalue weighted by atomic mass is 9.74. The van der Waals surface area contributed by atoms with E-state index in [9.17, 15) is 5.11 Å². The first-order valence-electron chi connectivity index (χ1n) is 8.24. The minimum atomic E-state index is 0.199. The van der Waals surface area contributed by atoms with E-state index in [4.69, 9.17) is 0 Å². The summed E-state index contributed by atoms with van der Waals surface area (Å²) in [5, 5.41) is 13.3. The van der Waals surface area contributed by atoms with E-state index in [1.807, 2.05) is 0 Å². The number of nitrogens with one attached hydrogen (secondary N) is 1. The van der Waals surface area contributed by atoms with E-state index in [-0.39, 0.29) is 5.41 Å². The highest BCUT2D eigenvalue weighted by Gasteiger charge is 2.30. The van der Waals surface area contributed by atoms with Crippen molar-refractivity contribution in [1.29, 1.82) is 0 Å². The monoisotopic (exact) mass is 268 g/mol. The van der Waals surface area contributed by atoms with Gasteiger partial charge in [-0.15, -0.1) is 0 Å². The van der Waals surface area contributed by atoms with Crippen LogP contribution in [0.3, 0.4) is 0 Å². The molecule has 1 saturated heterocycles. The summed E-state index contributed by atoms with van der Waals surface area (Å²) in [5.41, 5.74) is 0.199. The van der Waals surface area contributed by atoms with Crippen LogP contribution in [0.4, 0.5) is 0 Å². The zero-order valence-corrected chi connectivity index (χ0v) is 12.7. The number of aliphatic hydroxyl groups is 1. The maximum atomic E-state index is 9.67. The Bertz CT molecular complexity index is 243. The van der Waals surface area contributed by atoms with Crippen LogP contribution >= 0.6 is 0 Å². The van der Waals surface area contributed by atoms with Crippen molar-refractivity contribution >= 4 is 0 Å². The molecule has 2 fully saturated rings. The van der Waals surface area contributed by atoms with Gasteiger partial charge in [0.25, 0.3) is 0 Å². The molecule has 2 aliphatic rings. The number of piperidine rings is 1. The van der Waals surface area contributed by atoms with E-state index in [2.05, 4.69) is 17.3 Å². The molecule has 19 heavy (non-hydrogen) atoms. The van der Waals surface area contributed by atoms with Crippen LogP contribution in [0.5, 0.6) is 0 Å². The molecular formula is C16H32N2O. The van der Waals surface area contributed by atoms with Gasteiger partial charge in [0.05, 0.1) is 0 Å². The average molecular weight is 268 g/mol. The maximum absolute atomic E-state index is 9.67. The molecule has 0 amide bonds. The van der Waals surface area contributed by atoms with Gasteiger partial charge in [0.15, 0.2) is 0 Å². The maximum Gasteiger partial charge on any atom is 0.0499 e. The molecule has 0 radical (unpaired) electrons.